The van der Waals surface area contributed by atoms with Crippen LogP contribution in [0.2, 0.25) is 0 Å². The lowest BCUT2D eigenvalue weighted by Crippen LogP contribution is -2.57. The molecule has 5 rings (SSSR count). The van der Waals surface area contributed by atoms with Crippen LogP contribution in [0.3, 0.4) is 0 Å². The molecule has 0 radical (unpaired) electrons. The van der Waals surface area contributed by atoms with Gasteiger partial charge in [-0.2, -0.15) is 9.97 Å². The number of likely N-dealkylation sites (N-methyl/N-ethyl adjacent to an activating group) is 1. The van der Waals surface area contributed by atoms with E-state index in [0.29, 0.717) is 18.7 Å². The van der Waals surface area contributed by atoms with Crippen LogP contribution in [0.1, 0.15) is 57.7 Å². The van der Waals surface area contributed by atoms with E-state index in [1.54, 1.807) is 0 Å². The molecule has 0 aromatic carbocycles. The van der Waals surface area contributed by atoms with Crippen LogP contribution in [0.25, 0.3) is 0 Å². The standard InChI is InChI=1S/C24H38N6O3/c1-24(2,3)33-23(31)30-16-7-8-17(30)14-29(13-16)21-19-9-10-25-12-20(19)26-22(27-21)32-15-18-6-5-11-28(18)4/h16-18,25H,5-15H2,1-4H3/t16-,17-,18-/m0/s1. The molecule has 2 bridgehead atoms. The predicted octanol–water partition coefficient (Wildman–Crippen LogP) is 2.18. The molecule has 3 saturated heterocycles. The van der Waals surface area contributed by atoms with Crippen molar-refractivity contribution in [3.63, 3.8) is 0 Å². The van der Waals surface area contributed by atoms with Gasteiger partial charge in [0.05, 0.1) is 17.8 Å². The number of carbonyl (C=O) groups excluding carboxylic acids is 1. The number of aromatic nitrogens is 2. The Morgan fingerprint density at radius 3 is 2.58 bits per heavy atom. The van der Waals surface area contributed by atoms with Crippen molar-refractivity contribution >= 4 is 11.9 Å². The van der Waals surface area contributed by atoms with Crippen LogP contribution in [0.5, 0.6) is 6.01 Å². The van der Waals surface area contributed by atoms with Gasteiger partial charge in [-0.25, -0.2) is 4.79 Å². The van der Waals surface area contributed by atoms with Gasteiger partial charge in [-0.1, -0.05) is 0 Å². The summed E-state index contributed by atoms with van der Waals surface area (Å²) in [6, 6.07) is 1.22. The molecule has 4 aliphatic rings. The van der Waals surface area contributed by atoms with Gasteiger partial charge in [0.15, 0.2) is 0 Å². The maximum atomic E-state index is 12.9. The van der Waals surface area contributed by atoms with Gasteiger partial charge in [-0.3, -0.25) is 4.90 Å². The van der Waals surface area contributed by atoms with E-state index in [2.05, 4.69) is 22.2 Å². The summed E-state index contributed by atoms with van der Waals surface area (Å²) < 4.78 is 11.8. The highest BCUT2D eigenvalue weighted by Crippen LogP contribution is 2.36. The minimum Gasteiger partial charge on any atom is -0.462 e. The first-order valence-corrected chi connectivity index (χ1v) is 12.5. The Kier molecular flexibility index (Phi) is 6.11. The SMILES string of the molecule is CN1CCC[C@H]1COc1nc2c(c(N3C[C@@H]4CC[C@@H](C3)N4C(=O)OC(C)(C)C)n1)CCNC2. The molecule has 0 saturated carbocycles. The Labute approximate surface area is 196 Å². The summed E-state index contributed by atoms with van der Waals surface area (Å²) in [7, 11) is 2.16. The number of ether oxygens (including phenoxy) is 2. The number of hydrogen-bond donors (Lipinski definition) is 1. The number of carbonyl (C=O) groups is 1. The molecule has 1 aromatic heterocycles. The molecule has 5 heterocycles. The summed E-state index contributed by atoms with van der Waals surface area (Å²) >= 11 is 0. The quantitative estimate of drug-likeness (QED) is 0.735. The fourth-order valence-electron chi connectivity index (χ4n) is 5.69. The highest BCUT2D eigenvalue weighted by molar-refractivity contribution is 5.70. The normalized spacial score (nSPS) is 27.6. The van der Waals surface area contributed by atoms with Crippen molar-refractivity contribution in [2.24, 2.45) is 0 Å². The number of nitrogens with zero attached hydrogens (tertiary/aromatic N) is 5. The predicted molar refractivity (Wildman–Crippen MR) is 126 cm³/mol. The molecular weight excluding hydrogens is 420 g/mol. The van der Waals surface area contributed by atoms with Gasteiger partial charge in [-0.15, -0.1) is 0 Å². The number of hydrogen-bond acceptors (Lipinski definition) is 8. The van der Waals surface area contributed by atoms with Gasteiger partial charge >= 0.3 is 12.1 Å². The third kappa shape index (κ3) is 4.75. The van der Waals surface area contributed by atoms with E-state index in [4.69, 9.17) is 19.4 Å². The molecule has 1 N–H and O–H groups in total. The van der Waals surface area contributed by atoms with Crippen LogP contribution in [-0.2, 0) is 17.7 Å². The molecule has 0 unspecified atom stereocenters. The van der Waals surface area contributed by atoms with Gasteiger partial charge < -0.3 is 24.6 Å². The van der Waals surface area contributed by atoms with Crippen molar-refractivity contribution < 1.29 is 14.3 Å². The van der Waals surface area contributed by atoms with E-state index < -0.39 is 5.60 Å². The van der Waals surface area contributed by atoms with Gasteiger partial charge in [0, 0.05) is 31.2 Å². The fraction of sp³-hybridized carbons (Fsp3) is 0.792. The second-order valence-corrected chi connectivity index (χ2v) is 10.9. The summed E-state index contributed by atoms with van der Waals surface area (Å²) in [6.07, 6.45) is 5.12. The van der Waals surface area contributed by atoms with Gasteiger partial charge in [0.25, 0.3) is 0 Å². The Morgan fingerprint density at radius 1 is 1.15 bits per heavy atom. The monoisotopic (exact) mass is 458 g/mol. The Balaban J connectivity index is 1.35. The molecule has 0 spiro atoms. The van der Waals surface area contributed by atoms with Crippen molar-refractivity contribution in [3.05, 3.63) is 11.3 Å². The second kappa shape index (κ2) is 8.91. The molecule has 33 heavy (non-hydrogen) atoms. The largest absolute Gasteiger partial charge is 0.462 e. The zero-order valence-corrected chi connectivity index (χ0v) is 20.5. The summed E-state index contributed by atoms with van der Waals surface area (Å²) in [5.41, 5.74) is 1.79. The molecule has 9 heteroatoms. The Bertz CT molecular complexity index is 874. The average Bonchev–Trinajstić information content (AvgIpc) is 3.29. The van der Waals surface area contributed by atoms with Crippen molar-refractivity contribution in [1.29, 1.82) is 0 Å². The zero-order valence-electron chi connectivity index (χ0n) is 20.5. The number of anilines is 1. The van der Waals surface area contributed by atoms with Crippen LogP contribution in [0.4, 0.5) is 10.6 Å². The highest BCUT2D eigenvalue weighted by Gasteiger charge is 2.45. The smallest absolute Gasteiger partial charge is 0.410 e. The average molecular weight is 459 g/mol. The van der Waals surface area contributed by atoms with E-state index in [-0.39, 0.29) is 18.2 Å². The fourth-order valence-corrected chi connectivity index (χ4v) is 5.69. The number of rotatable bonds is 4. The molecule has 4 aliphatic heterocycles. The van der Waals surface area contributed by atoms with Gasteiger partial charge in [-0.05, 0) is 73.0 Å². The zero-order chi connectivity index (χ0) is 23.2. The minimum absolute atomic E-state index is 0.155. The maximum Gasteiger partial charge on any atom is 0.410 e. The molecule has 3 fully saturated rings. The number of piperazine rings is 1. The van der Waals surface area contributed by atoms with Crippen molar-refractivity contribution in [2.75, 3.05) is 44.7 Å². The molecule has 1 aromatic rings. The topological polar surface area (TPSA) is 83.1 Å². The van der Waals surface area contributed by atoms with E-state index in [9.17, 15) is 4.79 Å². The van der Waals surface area contributed by atoms with E-state index in [0.717, 1.165) is 69.9 Å². The first kappa shape index (κ1) is 22.7. The summed E-state index contributed by atoms with van der Waals surface area (Å²) in [5, 5.41) is 3.43. The van der Waals surface area contributed by atoms with Crippen LogP contribution < -0.4 is 15.0 Å². The highest BCUT2D eigenvalue weighted by atomic mass is 16.6. The second-order valence-electron chi connectivity index (χ2n) is 10.9. The number of likely N-dealkylation sites (tertiary alicyclic amines) is 1. The third-order valence-electron chi connectivity index (χ3n) is 7.36. The van der Waals surface area contributed by atoms with Crippen molar-refractivity contribution in [2.45, 2.75) is 83.1 Å². The van der Waals surface area contributed by atoms with Gasteiger partial charge in [0.2, 0.25) is 0 Å². The van der Waals surface area contributed by atoms with Crippen LogP contribution in [-0.4, -0.2) is 89.4 Å². The molecule has 182 valence electrons. The van der Waals surface area contributed by atoms with Crippen LogP contribution in [0, 0.1) is 0 Å². The van der Waals surface area contributed by atoms with Crippen molar-refractivity contribution in [3.8, 4) is 6.01 Å². The Morgan fingerprint density at radius 2 is 1.91 bits per heavy atom. The summed E-state index contributed by atoms with van der Waals surface area (Å²) in [6.45, 7) is 10.8. The molecule has 1 amide bonds. The van der Waals surface area contributed by atoms with E-state index in [1.165, 1.54) is 12.0 Å². The third-order valence-corrected chi connectivity index (χ3v) is 7.36. The summed E-state index contributed by atoms with van der Waals surface area (Å²) in [5.74, 6) is 0.997. The first-order chi connectivity index (χ1) is 15.8. The van der Waals surface area contributed by atoms with Crippen LogP contribution in [0.15, 0.2) is 0 Å². The maximum absolute atomic E-state index is 12.9. The first-order valence-electron chi connectivity index (χ1n) is 12.5. The van der Waals surface area contributed by atoms with Crippen LogP contribution >= 0.6 is 0 Å². The lowest BCUT2D eigenvalue weighted by Gasteiger charge is -2.42. The molecule has 9 nitrogen and oxygen atoms in total. The Hall–Kier alpha value is -2.13. The number of fused-ring (bicyclic) bond motifs is 3. The number of nitrogens with one attached hydrogen (secondary N) is 1. The van der Waals surface area contributed by atoms with Crippen molar-refractivity contribution in [1.82, 2.24) is 25.1 Å². The molecule has 3 atom stereocenters. The lowest BCUT2D eigenvalue weighted by molar-refractivity contribution is 0.0122. The number of amides is 1. The summed E-state index contributed by atoms with van der Waals surface area (Å²) in [4.78, 5) is 29.3. The van der Waals surface area contributed by atoms with E-state index >= 15 is 0 Å². The lowest BCUT2D eigenvalue weighted by atomic mass is 10.1. The van der Waals surface area contributed by atoms with Gasteiger partial charge in [0.1, 0.15) is 18.0 Å². The molecular formula is C24H38N6O3. The minimum atomic E-state index is -0.480. The van der Waals surface area contributed by atoms with E-state index in [1.807, 2.05) is 25.7 Å². The molecule has 0 aliphatic carbocycles.